The third-order valence-corrected chi connectivity index (χ3v) is 5.51. The molecule has 0 aliphatic heterocycles. The van der Waals surface area contributed by atoms with Crippen LogP contribution in [-0.2, 0) is 20.7 Å². The molecule has 0 saturated carbocycles. The number of methoxy groups -OCH3 is 1. The highest BCUT2D eigenvalue weighted by molar-refractivity contribution is 6.31. The molecule has 8 nitrogen and oxygen atoms in total. The zero-order valence-corrected chi connectivity index (χ0v) is 20.6. The van der Waals surface area contributed by atoms with Crippen LogP contribution in [0.25, 0.3) is 10.9 Å². The number of hydrogen-bond donors (Lipinski definition) is 1. The van der Waals surface area contributed by atoms with E-state index < -0.39 is 11.8 Å². The van der Waals surface area contributed by atoms with Gasteiger partial charge in [-0.1, -0.05) is 24.4 Å². The average Bonchev–Trinajstić information content (AvgIpc) is 2.80. The molecule has 3 rings (SSSR count). The Bertz CT molecular complexity index is 1220. The molecular formula is C25H27ClFN3O5. The molecule has 186 valence electrons. The number of fused-ring (bicyclic) bond motifs is 1. The van der Waals surface area contributed by atoms with Crippen LogP contribution < -0.4 is 14.8 Å². The molecular weight excluding hydrogens is 477 g/mol. The molecule has 35 heavy (non-hydrogen) atoms. The smallest absolute Gasteiger partial charge is 0.308 e. The Morgan fingerprint density at radius 2 is 1.77 bits per heavy atom. The molecule has 0 aliphatic rings. The first-order valence-electron chi connectivity index (χ1n) is 11.2. The van der Waals surface area contributed by atoms with E-state index in [1.165, 1.54) is 39.4 Å². The molecule has 0 atom stereocenters. The monoisotopic (exact) mass is 503 g/mol. The van der Waals surface area contributed by atoms with E-state index in [9.17, 15) is 14.0 Å². The van der Waals surface area contributed by atoms with E-state index in [0.29, 0.717) is 41.2 Å². The summed E-state index contributed by atoms with van der Waals surface area (Å²) in [5.41, 5.74) is 1.92. The van der Waals surface area contributed by atoms with Crippen molar-refractivity contribution in [2.24, 2.45) is 0 Å². The van der Waals surface area contributed by atoms with Crippen molar-refractivity contribution >= 4 is 45.9 Å². The van der Waals surface area contributed by atoms with Gasteiger partial charge in [0.25, 0.3) is 0 Å². The lowest BCUT2D eigenvalue weighted by molar-refractivity contribution is -0.141. The fourth-order valence-electron chi connectivity index (χ4n) is 3.58. The van der Waals surface area contributed by atoms with Crippen LogP contribution in [0.1, 0.15) is 45.1 Å². The summed E-state index contributed by atoms with van der Waals surface area (Å²) in [5, 5.41) is 3.80. The lowest BCUT2D eigenvalue weighted by Crippen LogP contribution is -2.05. The predicted octanol–water partition coefficient (Wildman–Crippen LogP) is 5.77. The number of carbonyl (C=O) groups is 2. The summed E-state index contributed by atoms with van der Waals surface area (Å²) in [7, 11) is 1.47. The standard InChI is InChI=1S/C25H27ClFN3O5/c1-15(31)34-9-7-5-4-6-8-17-10-20(27)19(26)12-21(17)30-25-18-11-24(35-16(2)32)23(33-3)13-22(18)28-14-29-25/h10-14H,4-9H2,1-3H3,(H,28,29,30). The summed E-state index contributed by atoms with van der Waals surface area (Å²) in [6, 6.07) is 6.21. The number of nitrogens with zero attached hydrogens (tertiary/aromatic N) is 2. The Kier molecular flexibility index (Phi) is 9.19. The summed E-state index contributed by atoms with van der Waals surface area (Å²) >= 11 is 6.07. The summed E-state index contributed by atoms with van der Waals surface area (Å²) in [6.45, 7) is 3.09. The van der Waals surface area contributed by atoms with Gasteiger partial charge in [0.15, 0.2) is 11.5 Å². The largest absolute Gasteiger partial charge is 0.493 e. The maximum Gasteiger partial charge on any atom is 0.308 e. The van der Waals surface area contributed by atoms with Crippen molar-refractivity contribution in [3.63, 3.8) is 0 Å². The van der Waals surface area contributed by atoms with Crippen LogP contribution >= 0.6 is 11.6 Å². The Balaban J connectivity index is 1.82. The number of esters is 2. The first kappa shape index (κ1) is 26.2. The van der Waals surface area contributed by atoms with Crippen molar-refractivity contribution in [2.45, 2.75) is 46.0 Å². The maximum absolute atomic E-state index is 14.3. The first-order valence-corrected chi connectivity index (χ1v) is 11.6. The molecule has 2 aromatic carbocycles. The first-order chi connectivity index (χ1) is 16.8. The van der Waals surface area contributed by atoms with E-state index in [1.807, 2.05) is 0 Å². The summed E-state index contributed by atoms with van der Waals surface area (Å²) < 4.78 is 29.8. The molecule has 0 unspecified atom stereocenters. The predicted molar refractivity (Wildman–Crippen MR) is 131 cm³/mol. The average molecular weight is 504 g/mol. The topological polar surface area (TPSA) is 99.6 Å². The quantitative estimate of drug-likeness (QED) is 0.200. The molecule has 0 fully saturated rings. The minimum atomic E-state index is -0.503. The fourth-order valence-corrected chi connectivity index (χ4v) is 3.75. The van der Waals surface area contributed by atoms with Gasteiger partial charge < -0.3 is 19.5 Å². The van der Waals surface area contributed by atoms with Gasteiger partial charge in [0.2, 0.25) is 0 Å². The van der Waals surface area contributed by atoms with Gasteiger partial charge in [-0.25, -0.2) is 14.4 Å². The minimum absolute atomic E-state index is 0.0155. The van der Waals surface area contributed by atoms with Crippen LogP contribution in [0.2, 0.25) is 5.02 Å². The van der Waals surface area contributed by atoms with E-state index in [2.05, 4.69) is 15.3 Å². The van der Waals surface area contributed by atoms with Gasteiger partial charge in [-0.3, -0.25) is 9.59 Å². The zero-order chi connectivity index (χ0) is 25.4. The molecule has 0 saturated heterocycles. The Labute approximate surface area is 207 Å². The molecule has 0 bridgehead atoms. The van der Waals surface area contributed by atoms with E-state index in [1.54, 1.807) is 12.1 Å². The van der Waals surface area contributed by atoms with Crippen molar-refractivity contribution in [1.29, 1.82) is 0 Å². The lowest BCUT2D eigenvalue weighted by Gasteiger charge is -2.15. The van der Waals surface area contributed by atoms with Gasteiger partial charge in [-0.15, -0.1) is 0 Å². The maximum atomic E-state index is 14.3. The highest BCUT2D eigenvalue weighted by atomic mass is 35.5. The SMILES string of the molecule is COc1cc2ncnc(Nc3cc(Cl)c(F)cc3CCCCCCOC(C)=O)c2cc1OC(C)=O. The number of aryl methyl sites for hydroxylation is 1. The number of rotatable bonds is 11. The Hall–Kier alpha value is -3.46. The van der Waals surface area contributed by atoms with E-state index in [0.717, 1.165) is 31.2 Å². The van der Waals surface area contributed by atoms with E-state index in [-0.39, 0.29) is 16.7 Å². The molecule has 0 radical (unpaired) electrons. The Morgan fingerprint density at radius 1 is 1.00 bits per heavy atom. The van der Waals surface area contributed by atoms with Gasteiger partial charge >= 0.3 is 11.9 Å². The molecule has 10 heteroatoms. The third kappa shape index (κ3) is 7.26. The molecule has 0 aliphatic carbocycles. The van der Waals surface area contributed by atoms with Gasteiger partial charge in [-0.05, 0) is 43.0 Å². The number of benzene rings is 2. The second-order valence-corrected chi connectivity index (χ2v) is 8.30. The Morgan fingerprint density at radius 3 is 2.49 bits per heavy atom. The van der Waals surface area contributed by atoms with Gasteiger partial charge in [0.1, 0.15) is 18.0 Å². The van der Waals surface area contributed by atoms with Crippen LogP contribution in [0.15, 0.2) is 30.6 Å². The highest BCUT2D eigenvalue weighted by Crippen LogP contribution is 2.36. The van der Waals surface area contributed by atoms with Crippen molar-refractivity contribution < 1.29 is 28.2 Å². The van der Waals surface area contributed by atoms with Crippen molar-refractivity contribution in [3.05, 3.63) is 47.0 Å². The molecule has 3 aromatic rings. The number of ether oxygens (including phenoxy) is 3. The van der Waals surface area contributed by atoms with Crippen LogP contribution in [0, 0.1) is 5.82 Å². The normalized spacial score (nSPS) is 10.8. The highest BCUT2D eigenvalue weighted by Gasteiger charge is 2.15. The van der Waals surface area contributed by atoms with Gasteiger partial charge in [-0.2, -0.15) is 0 Å². The number of carbonyl (C=O) groups excluding carboxylic acids is 2. The zero-order valence-electron chi connectivity index (χ0n) is 19.8. The van der Waals surface area contributed by atoms with Crippen molar-refractivity contribution in [3.8, 4) is 11.5 Å². The number of unbranched alkanes of at least 4 members (excludes halogenated alkanes) is 3. The molecule has 1 N–H and O–H groups in total. The fraction of sp³-hybridized carbons (Fsp3) is 0.360. The summed E-state index contributed by atoms with van der Waals surface area (Å²) in [5.74, 6) is -0.247. The van der Waals surface area contributed by atoms with E-state index >= 15 is 0 Å². The number of hydrogen-bond acceptors (Lipinski definition) is 8. The van der Waals surface area contributed by atoms with Crippen LogP contribution in [-0.4, -0.2) is 35.6 Å². The van der Waals surface area contributed by atoms with Crippen LogP contribution in [0.4, 0.5) is 15.9 Å². The molecule has 1 heterocycles. The van der Waals surface area contributed by atoms with Gasteiger partial charge in [0.05, 0.1) is 24.3 Å². The second-order valence-electron chi connectivity index (χ2n) is 7.89. The number of anilines is 2. The van der Waals surface area contributed by atoms with Crippen LogP contribution in [0.5, 0.6) is 11.5 Å². The van der Waals surface area contributed by atoms with Crippen molar-refractivity contribution in [1.82, 2.24) is 9.97 Å². The van der Waals surface area contributed by atoms with Crippen LogP contribution in [0.3, 0.4) is 0 Å². The van der Waals surface area contributed by atoms with Gasteiger partial charge in [0, 0.05) is 31.0 Å². The lowest BCUT2D eigenvalue weighted by atomic mass is 10.0. The summed E-state index contributed by atoms with van der Waals surface area (Å²) in [4.78, 5) is 31.0. The molecule has 0 amide bonds. The summed E-state index contributed by atoms with van der Waals surface area (Å²) in [6.07, 6.45) is 5.38. The molecule has 1 aromatic heterocycles. The van der Waals surface area contributed by atoms with E-state index in [4.69, 9.17) is 25.8 Å². The minimum Gasteiger partial charge on any atom is -0.493 e. The van der Waals surface area contributed by atoms with Crippen molar-refractivity contribution in [2.75, 3.05) is 19.0 Å². The number of nitrogens with one attached hydrogen (secondary N) is 1. The second kappa shape index (κ2) is 12.3. The number of halogens is 2. The number of aromatic nitrogens is 2. The third-order valence-electron chi connectivity index (χ3n) is 5.22. The molecule has 0 spiro atoms.